The number of aromatic nitrogens is 1. The average Bonchev–Trinajstić information content (AvgIpc) is 3.60. The standard InChI is InChI=1S/C30H33N3O3S2/c1-18(2)27(33-15-22-6-4-5-7-24(22)29(33)35)30(36)32-16-23(34)14-25(32)26(37)13-10-20-8-11-21(12-9-20)28-19(3)31-17-38-28/h4-9,11-12,17-18,23,25,27,34H,10,13-16H2,1-3H3/t23-,25+,27+/m1/s1. The number of carbonyl (C=O) groups excluding carboxylic acids is 2. The van der Waals surface area contributed by atoms with Crippen LogP contribution >= 0.6 is 23.6 Å². The topological polar surface area (TPSA) is 73.7 Å². The molecule has 2 aliphatic heterocycles. The molecule has 8 heteroatoms. The molecule has 1 aromatic heterocycles. The summed E-state index contributed by atoms with van der Waals surface area (Å²) < 4.78 is 0. The number of hydrogen-bond donors (Lipinski definition) is 1. The molecule has 0 saturated carbocycles. The van der Waals surface area contributed by atoms with Gasteiger partial charge in [-0.25, -0.2) is 4.98 Å². The monoisotopic (exact) mass is 547 g/mol. The third-order valence-electron chi connectivity index (χ3n) is 7.63. The van der Waals surface area contributed by atoms with E-state index in [0.717, 1.165) is 28.1 Å². The lowest BCUT2D eigenvalue weighted by molar-refractivity contribution is -0.138. The van der Waals surface area contributed by atoms with Crippen LogP contribution in [0.3, 0.4) is 0 Å². The van der Waals surface area contributed by atoms with Gasteiger partial charge in [-0.05, 0) is 48.4 Å². The number of aryl methyl sites for hydroxylation is 2. The maximum atomic E-state index is 13.9. The van der Waals surface area contributed by atoms with Gasteiger partial charge in [0, 0.05) is 29.9 Å². The van der Waals surface area contributed by atoms with Crippen LogP contribution in [0.2, 0.25) is 0 Å². The highest BCUT2D eigenvalue weighted by Gasteiger charge is 2.44. The molecule has 38 heavy (non-hydrogen) atoms. The Labute approximate surface area is 233 Å². The number of benzene rings is 2. The summed E-state index contributed by atoms with van der Waals surface area (Å²) >= 11 is 7.48. The van der Waals surface area contributed by atoms with E-state index in [2.05, 4.69) is 29.2 Å². The molecular weight excluding hydrogens is 514 g/mol. The summed E-state index contributed by atoms with van der Waals surface area (Å²) in [5, 5.41) is 10.5. The van der Waals surface area contributed by atoms with Crippen LogP contribution in [0.15, 0.2) is 54.0 Å². The van der Waals surface area contributed by atoms with E-state index < -0.39 is 12.1 Å². The quantitative estimate of drug-likeness (QED) is 0.399. The van der Waals surface area contributed by atoms with Crippen LogP contribution in [0.25, 0.3) is 10.4 Å². The molecule has 1 N–H and O–H groups in total. The Balaban J connectivity index is 1.27. The molecule has 5 rings (SSSR count). The van der Waals surface area contributed by atoms with Crippen molar-refractivity contribution in [2.45, 2.75) is 64.8 Å². The summed E-state index contributed by atoms with van der Waals surface area (Å²) in [7, 11) is 0. The second-order valence-corrected chi connectivity index (χ2v) is 12.0. The van der Waals surface area contributed by atoms with Gasteiger partial charge in [0.15, 0.2) is 0 Å². The predicted molar refractivity (Wildman–Crippen MR) is 154 cm³/mol. The third kappa shape index (κ3) is 5.17. The van der Waals surface area contributed by atoms with Gasteiger partial charge in [0.2, 0.25) is 5.91 Å². The Hall–Kier alpha value is -2.94. The van der Waals surface area contributed by atoms with Crippen molar-refractivity contribution in [3.8, 4) is 10.4 Å². The summed E-state index contributed by atoms with van der Waals surface area (Å²) in [4.78, 5) is 36.8. The first-order valence-electron chi connectivity index (χ1n) is 13.1. The first-order chi connectivity index (χ1) is 18.2. The van der Waals surface area contributed by atoms with Crippen molar-refractivity contribution in [3.05, 3.63) is 76.4 Å². The highest BCUT2D eigenvalue weighted by Crippen LogP contribution is 2.31. The maximum Gasteiger partial charge on any atom is 0.255 e. The predicted octanol–water partition coefficient (Wildman–Crippen LogP) is 5.06. The molecule has 6 nitrogen and oxygen atoms in total. The summed E-state index contributed by atoms with van der Waals surface area (Å²) in [6.07, 6.45) is 1.23. The number of aliphatic hydroxyl groups excluding tert-OH is 1. The van der Waals surface area contributed by atoms with Gasteiger partial charge in [-0.1, -0.05) is 68.5 Å². The van der Waals surface area contributed by atoms with Crippen LogP contribution < -0.4 is 0 Å². The number of β-amino-alcohol motifs (C(OH)–C–C–N with tert-alkyl or cyclic N) is 1. The maximum absolute atomic E-state index is 13.9. The van der Waals surface area contributed by atoms with Gasteiger partial charge in [0.1, 0.15) is 6.04 Å². The molecule has 2 amide bonds. The Bertz CT molecular complexity index is 1350. The lowest BCUT2D eigenvalue weighted by atomic mass is 9.98. The molecule has 3 aromatic rings. The molecule has 2 aliphatic rings. The fraction of sp³-hybridized carbons (Fsp3) is 0.400. The van der Waals surface area contributed by atoms with Crippen LogP contribution in [-0.4, -0.2) is 61.3 Å². The van der Waals surface area contributed by atoms with Gasteiger partial charge < -0.3 is 14.9 Å². The molecule has 1 saturated heterocycles. The van der Waals surface area contributed by atoms with Crippen LogP contribution in [-0.2, 0) is 17.8 Å². The molecule has 198 valence electrons. The number of rotatable bonds is 8. The highest BCUT2D eigenvalue weighted by molar-refractivity contribution is 7.80. The van der Waals surface area contributed by atoms with Crippen LogP contribution in [0, 0.1) is 12.8 Å². The highest BCUT2D eigenvalue weighted by atomic mass is 32.1. The Morgan fingerprint density at radius 3 is 2.58 bits per heavy atom. The van der Waals surface area contributed by atoms with E-state index in [1.54, 1.807) is 21.1 Å². The molecule has 3 heterocycles. The molecule has 2 aromatic carbocycles. The number of fused-ring (bicyclic) bond motifs is 1. The van der Waals surface area contributed by atoms with E-state index in [1.807, 2.05) is 50.5 Å². The van der Waals surface area contributed by atoms with Gasteiger partial charge in [0.05, 0.1) is 28.2 Å². The first kappa shape index (κ1) is 26.7. The smallest absolute Gasteiger partial charge is 0.255 e. The second kappa shape index (κ2) is 11.0. The minimum Gasteiger partial charge on any atom is -0.391 e. The zero-order chi connectivity index (χ0) is 27.0. The van der Waals surface area contributed by atoms with Crippen molar-refractivity contribution in [2.75, 3.05) is 6.54 Å². The Morgan fingerprint density at radius 1 is 1.18 bits per heavy atom. The lowest BCUT2D eigenvalue weighted by Gasteiger charge is -2.35. The van der Waals surface area contributed by atoms with Gasteiger partial charge >= 0.3 is 0 Å². The second-order valence-electron chi connectivity index (χ2n) is 10.6. The largest absolute Gasteiger partial charge is 0.391 e. The number of carbonyl (C=O) groups is 2. The number of aliphatic hydroxyl groups is 1. The van der Waals surface area contributed by atoms with Gasteiger partial charge in [0.25, 0.3) is 5.91 Å². The first-order valence-corrected chi connectivity index (χ1v) is 14.4. The van der Waals surface area contributed by atoms with E-state index in [9.17, 15) is 14.7 Å². The summed E-state index contributed by atoms with van der Waals surface area (Å²) in [6, 6.07) is 15.1. The van der Waals surface area contributed by atoms with Crippen molar-refractivity contribution in [1.82, 2.24) is 14.8 Å². The van der Waals surface area contributed by atoms with E-state index in [1.165, 1.54) is 10.4 Å². The molecule has 0 bridgehead atoms. The van der Waals surface area contributed by atoms with Crippen LogP contribution in [0.4, 0.5) is 0 Å². The minimum absolute atomic E-state index is 0.0755. The van der Waals surface area contributed by atoms with Crippen molar-refractivity contribution in [1.29, 1.82) is 0 Å². The van der Waals surface area contributed by atoms with Crippen LogP contribution in [0.5, 0.6) is 0 Å². The van der Waals surface area contributed by atoms with E-state index in [0.29, 0.717) is 24.9 Å². The van der Waals surface area contributed by atoms with Crippen molar-refractivity contribution >= 4 is 40.2 Å². The lowest BCUT2D eigenvalue weighted by Crippen LogP contribution is -2.54. The number of thiocarbonyl (C=S) groups is 1. The normalized spacial score (nSPS) is 19.8. The molecule has 0 radical (unpaired) electrons. The number of amides is 2. The fourth-order valence-electron chi connectivity index (χ4n) is 5.65. The fourth-order valence-corrected chi connectivity index (χ4v) is 6.79. The van der Waals surface area contributed by atoms with Crippen LogP contribution in [0.1, 0.15) is 53.9 Å². The van der Waals surface area contributed by atoms with E-state index >= 15 is 0 Å². The third-order valence-corrected chi connectivity index (χ3v) is 9.08. The molecular formula is C30H33N3O3S2. The summed E-state index contributed by atoms with van der Waals surface area (Å²) in [5.41, 5.74) is 6.84. The van der Waals surface area contributed by atoms with Crippen molar-refractivity contribution < 1.29 is 14.7 Å². The average molecular weight is 548 g/mol. The van der Waals surface area contributed by atoms with Gasteiger partial charge in [-0.15, -0.1) is 11.3 Å². The van der Waals surface area contributed by atoms with E-state index in [4.69, 9.17) is 12.2 Å². The zero-order valence-corrected chi connectivity index (χ0v) is 23.6. The SMILES string of the molecule is Cc1ncsc1-c1ccc(CCC(=S)[C@@H]2C[C@@H](O)CN2C(=O)[C@H](C(C)C)N2Cc3ccccc3C2=O)cc1. The number of thiazole rings is 1. The number of hydrogen-bond acceptors (Lipinski definition) is 6. The van der Waals surface area contributed by atoms with Gasteiger partial charge in [-0.2, -0.15) is 0 Å². The summed E-state index contributed by atoms with van der Waals surface area (Å²) in [5.74, 6) is -0.314. The number of nitrogens with zero attached hydrogens (tertiary/aromatic N) is 3. The van der Waals surface area contributed by atoms with E-state index in [-0.39, 0.29) is 30.3 Å². The van der Waals surface area contributed by atoms with Crippen molar-refractivity contribution in [3.63, 3.8) is 0 Å². The van der Waals surface area contributed by atoms with Crippen molar-refractivity contribution in [2.24, 2.45) is 5.92 Å². The molecule has 1 fully saturated rings. The zero-order valence-electron chi connectivity index (χ0n) is 22.0. The number of likely N-dealkylation sites (tertiary alicyclic amines) is 1. The molecule has 3 atom stereocenters. The molecule has 0 aliphatic carbocycles. The molecule has 0 spiro atoms. The Kier molecular flexibility index (Phi) is 7.75. The summed E-state index contributed by atoms with van der Waals surface area (Å²) in [6.45, 7) is 6.62. The van der Waals surface area contributed by atoms with Gasteiger partial charge in [-0.3, -0.25) is 9.59 Å². The molecule has 0 unspecified atom stereocenters. The minimum atomic E-state index is -0.622. The Morgan fingerprint density at radius 2 is 1.92 bits per heavy atom.